The highest BCUT2D eigenvalue weighted by atomic mass is 16.5. The lowest BCUT2D eigenvalue weighted by atomic mass is 10.2. The Morgan fingerprint density at radius 2 is 1.81 bits per heavy atom. The van der Waals surface area contributed by atoms with Crippen molar-refractivity contribution in [2.45, 2.75) is 18.9 Å². The number of hydrogen-bond acceptors (Lipinski definition) is 5. The molecule has 3 fully saturated rings. The Bertz CT molecular complexity index is 333. The number of rotatable bonds is 4. The van der Waals surface area contributed by atoms with Crippen LogP contribution in [0.4, 0.5) is 0 Å². The van der Waals surface area contributed by atoms with Crippen LogP contribution >= 0.6 is 0 Å². The van der Waals surface area contributed by atoms with Gasteiger partial charge in [-0.05, 0) is 12.8 Å². The standard InChI is InChI=1S/C15H28N4O2/c20-15(13-17-5-3-16-4-6-17)19-9-7-18(8-10-19)12-14-2-1-11-21-14/h14,16H,1-13H2. The molecule has 0 spiro atoms. The molecule has 0 aliphatic carbocycles. The van der Waals surface area contributed by atoms with Crippen LogP contribution in [0, 0.1) is 0 Å². The second-order valence-corrected chi connectivity index (χ2v) is 6.34. The van der Waals surface area contributed by atoms with Gasteiger partial charge < -0.3 is 15.0 Å². The zero-order chi connectivity index (χ0) is 14.5. The minimum atomic E-state index is 0.300. The van der Waals surface area contributed by atoms with Crippen molar-refractivity contribution in [2.75, 3.05) is 72.1 Å². The smallest absolute Gasteiger partial charge is 0.236 e. The van der Waals surface area contributed by atoms with Crippen molar-refractivity contribution < 1.29 is 9.53 Å². The summed E-state index contributed by atoms with van der Waals surface area (Å²) >= 11 is 0. The Hall–Kier alpha value is -0.690. The highest BCUT2D eigenvalue weighted by molar-refractivity contribution is 5.78. The molecule has 6 nitrogen and oxygen atoms in total. The van der Waals surface area contributed by atoms with E-state index in [0.717, 1.165) is 65.5 Å². The highest BCUT2D eigenvalue weighted by Crippen LogP contribution is 2.14. The Kier molecular flexibility index (Phi) is 5.46. The molecule has 0 aromatic carbocycles. The number of carbonyl (C=O) groups is 1. The van der Waals surface area contributed by atoms with Crippen molar-refractivity contribution in [3.8, 4) is 0 Å². The molecule has 0 bridgehead atoms. The number of nitrogens with one attached hydrogen (secondary N) is 1. The molecule has 0 aromatic rings. The summed E-state index contributed by atoms with van der Waals surface area (Å²) in [4.78, 5) is 19.1. The molecule has 1 amide bonds. The Morgan fingerprint density at radius 3 is 2.48 bits per heavy atom. The average molecular weight is 296 g/mol. The number of amides is 1. The summed E-state index contributed by atoms with van der Waals surface area (Å²) < 4.78 is 5.70. The van der Waals surface area contributed by atoms with Crippen LogP contribution < -0.4 is 5.32 Å². The fourth-order valence-corrected chi connectivity index (χ4v) is 3.42. The first kappa shape index (κ1) is 15.2. The van der Waals surface area contributed by atoms with Gasteiger partial charge in [0.1, 0.15) is 0 Å². The summed E-state index contributed by atoms with van der Waals surface area (Å²) in [5.74, 6) is 0.300. The van der Waals surface area contributed by atoms with Crippen LogP contribution in [0.25, 0.3) is 0 Å². The van der Waals surface area contributed by atoms with E-state index in [0.29, 0.717) is 18.6 Å². The topological polar surface area (TPSA) is 48.1 Å². The van der Waals surface area contributed by atoms with E-state index in [-0.39, 0.29) is 0 Å². The van der Waals surface area contributed by atoms with Crippen molar-refractivity contribution in [1.82, 2.24) is 20.0 Å². The fraction of sp³-hybridized carbons (Fsp3) is 0.933. The Labute approximate surface area is 127 Å². The van der Waals surface area contributed by atoms with Crippen LogP contribution in [0.3, 0.4) is 0 Å². The number of nitrogens with zero attached hydrogens (tertiary/aromatic N) is 3. The summed E-state index contributed by atoms with van der Waals surface area (Å²) in [6.45, 7) is 10.3. The number of piperazine rings is 2. The second kappa shape index (κ2) is 7.54. The lowest BCUT2D eigenvalue weighted by Gasteiger charge is -2.37. The third-order valence-electron chi connectivity index (χ3n) is 4.78. The van der Waals surface area contributed by atoms with Crippen molar-refractivity contribution >= 4 is 5.91 Å². The van der Waals surface area contributed by atoms with Gasteiger partial charge in [-0.2, -0.15) is 0 Å². The molecule has 21 heavy (non-hydrogen) atoms. The normalized spacial score (nSPS) is 29.0. The van der Waals surface area contributed by atoms with E-state index in [4.69, 9.17) is 4.74 Å². The first-order valence-electron chi connectivity index (χ1n) is 8.36. The third kappa shape index (κ3) is 4.39. The van der Waals surface area contributed by atoms with E-state index < -0.39 is 0 Å². The maximum Gasteiger partial charge on any atom is 0.236 e. The summed E-state index contributed by atoms with van der Waals surface area (Å²) in [6.07, 6.45) is 2.82. The van der Waals surface area contributed by atoms with Crippen LogP contribution in [0.1, 0.15) is 12.8 Å². The maximum absolute atomic E-state index is 12.3. The van der Waals surface area contributed by atoms with Gasteiger partial charge in [-0.15, -0.1) is 0 Å². The minimum absolute atomic E-state index is 0.300. The zero-order valence-electron chi connectivity index (χ0n) is 12.9. The van der Waals surface area contributed by atoms with Crippen LogP contribution in [-0.2, 0) is 9.53 Å². The molecule has 120 valence electrons. The Morgan fingerprint density at radius 1 is 1.05 bits per heavy atom. The summed E-state index contributed by atoms with van der Waals surface area (Å²) in [7, 11) is 0. The van der Waals surface area contributed by atoms with E-state index >= 15 is 0 Å². The van der Waals surface area contributed by atoms with Crippen LogP contribution in [0.2, 0.25) is 0 Å². The summed E-state index contributed by atoms with van der Waals surface area (Å²) in [6, 6.07) is 0. The molecule has 3 aliphatic heterocycles. The molecule has 0 saturated carbocycles. The van der Waals surface area contributed by atoms with E-state index in [1.54, 1.807) is 0 Å². The predicted octanol–water partition coefficient (Wildman–Crippen LogP) is -0.785. The van der Waals surface area contributed by atoms with Gasteiger partial charge in [0, 0.05) is 65.5 Å². The second-order valence-electron chi connectivity index (χ2n) is 6.34. The molecule has 1 N–H and O–H groups in total. The average Bonchev–Trinajstić information content (AvgIpc) is 3.02. The first-order chi connectivity index (χ1) is 10.3. The van der Waals surface area contributed by atoms with Crippen LogP contribution in [0.15, 0.2) is 0 Å². The van der Waals surface area contributed by atoms with Gasteiger partial charge in [-0.1, -0.05) is 0 Å². The van der Waals surface area contributed by atoms with E-state index in [2.05, 4.69) is 15.1 Å². The zero-order valence-corrected chi connectivity index (χ0v) is 12.9. The molecule has 1 atom stereocenters. The quantitative estimate of drug-likeness (QED) is 0.737. The van der Waals surface area contributed by atoms with E-state index in [1.165, 1.54) is 12.8 Å². The lowest BCUT2D eigenvalue weighted by molar-refractivity contribution is -0.134. The van der Waals surface area contributed by atoms with Gasteiger partial charge in [0.15, 0.2) is 0 Å². The largest absolute Gasteiger partial charge is 0.377 e. The van der Waals surface area contributed by atoms with E-state index in [9.17, 15) is 4.79 Å². The van der Waals surface area contributed by atoms with Crippen molar-refractivity contribution in [3.63, 3.8) is 0 Å². The van der Waals surface area contributed by atoms with Gasteiger partial charge in [-0.25, -0.2) is 0 Å². The molecular formula is C15H28N4O2. The van der Waals surface area contributed by atoms with Gasteiger partial charge >= 0.3 is 0 Å². The van der Waals surface area contributed by atoms with E-state index in [1.807, 2.05) is 4.90 Å². The summed E-state index contributed by atoms with van der Waals surface area (Å²) in [5.41, 5.74) is 0. The fourth-order valence-electron chi connectivity index (χ4n) is 3.42. The van der Waals surface area contributed by atoms with Gasteiger partial charge in [0.25, 0.3) is 0 Å². The molecule has 1 unspecified atom stereocenters. The molecule has 0 aromatic heterocycles. The number of hydrogen-bond donors (Lipinski definition) is 1. The maximum atomic E-state index is 12.3. The van der Waals surface area contributed by atoms with Crippen molar-refractivity contribution in [2.24, 2.45) is 0 Å². The monoisotopic (exact) mass is 296 g/mol. The van der Waals surface area contributed by atoms with Crippen molar-refractivity contribution in [3.05, 3.63) is 0 Å². The third-order valence-corrected chi connectivity index (χ3v) is 4.78. The van der Waals surface area contributed by atoms with Crippen molar-refractivity contribution in [1.29, 1.82) is 0 Å². The summed E-state index contributed by atoms with van der Waals surface area (Å²) in [5, 5.41) is 3.32. The molecule has 3 saturated heterocycles. The first-order valence-corrected chi connectivity index (χ1v) is 8.36. The minimum Gasteiger partial charge on any atom is -0.377 e. The molecular weight excluding hydrogens is 268 g/mol. The van der Waals surface area contributed by atoms with Gasteiger partial charge in [-0.3, -0.25) is 14.6 Å². The van der Waals surface area contributed by atoms with Crippen LogP contribution in [-0.4, -0.2) is 98.8 Å². The number of ether oxygens (including phenoxy) is 1. The molecule has 3 rings (SSSR count). The van der Waals surface area contributed by atoms with Gasteiger partial charge in [0.2, 0.25) is 5.91 Å². The number of carbonyl (C=O) groups excluding carboxylic acids is 1. The lowest BCUT2D eigenvalue weighted by Crippen LogP contribution is -2.54. The van der Waals surface area contributed by atoms with Gasteiger partial charge in [0.05, 0.1) is 12.6 Å². The highest BCUT2D eigenvalue weighted by Gasteiger charge is 2.25. The molecule has 6 heteroatoms. The van der Waals surface area contributed by atoms with Crippen LogP contribution in [0.5, 0.6) is 0 Å². The molecule has 3 heterocycles. The molecule has 3 aliphatic rings. The predicted molar refractivity (Wildman–Crippen MR) is 81.3 cm³/mol. The SMILES string of the molecule is O=C(CN1CCNCC1)N1CCN(CC2CCCO2)CC1. The Balaban J connectivity index is 1.37. The molecule has 0 radical (unpaired) electrons.